The van der Waals surface area contributed by atoms with Gasteiger partial charge in [0.1, 0.15) is 0 Å². The van der Waals surface area contributed by atoms with Crippen LogP contribution in [0.1, 0.15) is 18.4 Å². The Bertz CT molecular complexity index is 908. The Morgan fingerprint density at radius 1 is 1.19 bits per heavy atom. The number of nitrogen functional groups attached to an aromatic ring is 1. The van der Waals surface area contributed by atoms with Crippen molar-refractivity contribution in [2.24, 2.45) is 5.92 Å². The molecule has 1 saturated heterocycles. The third kappa shape index (κ3) is 3.33. The summed E-state index contributed by atoms with van der Waals surface area (Å²) in [7, 11) is 0. The lowest BCUT2D eigenvalue weighted by atomic mass is 9.96. The average molecular weight is 350 g/mol. The van der Waals surface area contributed by atoms with Crippen LogP contribution in [0, 0.1) is 5.92 Å². The third-order valence-corrected chi connectivity index (χ3v) is 4.99. The summed E-state index contributed by atoms with van der Waals surface area (Å²) in [4.78, 5) is 18.8. The van der Waals surface area contributed by atoms with Crippen LogP contribution in [0.3, 0.4) is 0 Å². The van der Waals surface area contributed by atoms with E-state index < -0.39 is 0 Å². The van der Waals surface area contributed by atoms with Crippen molar-refractivity contribution >= 4 is 28.6 Å². The molecule has 26 heavy (non-hydrogen) atoms. The number of anilines is 2. The number of fused-ring (bicyclic) bond motifs is 1. The van der Waals surface area contributed by atoms with Gasteiger partial charge in [0.25, 0.3) is 0 Å². The van der Waals surface area contributed by atoms with Gasteiger partial charge in [-0.05, 0) is 29.2 Å². The number of nitrogens with one attached hydrogen (secondary N) is 2. The molecule has 0 aliphatic carbocycles. The summed E-state index contributed by atoms with van der Waals surface area (Å²) < 4.78 is 0. The fraction of sp³-hybridized carbons (Fsp3) is 0.316. The van der Waals surface area contributed by atoms with E-state index in [0.29, 0.717) is 12.5 Å². The van der Waals surface area contributed by atoms with Crippen molar-refractivity contribution < 1.29 is 4.79 Å². The molecule has 7 nitrogen and oxygen atoms in total. The fourth-order valence-electron chi connectivity index (χ4n) is 3.53. The minimum Gasteiger partial charge on any atom is -0.366 e. The lowest BCUT2D eigenvalue weighted by Gasteiger charge is -2.30. The number of benzene rings is 2. The first-order valence-corrected chi connectivity index (χ1v) is 8.88. The average Bonchev–Trinajstić information content (AvgIpc) is 3.12. The minimum absolute atomic E-state index is 0.0292. The molecule has 0 saturated carbocycles. The lowest BCUT2D eigenvalue weighted by molar-refractivity contribution is -0.125. The summed E-state index contributed by atoms with van der Waals surface area (Å²) in [5, 5.41) is 12.2. The van der Waals surface area contributed by atoms with E-state index >= 15 is 0 Å². The van der Waals surface area contributed by atoms with Gasteiger partial charge in [-0.2, -0.15) is 4.98 Å². The molecule has 0 atom stereocenters. The van der Waals surface area contributed by atoms with Gasteiger partial charge in [-0.25, -0.2) is 5.10 Å². The van der Waals surface area contributed by atoms with Crippen LogP contribution in [0.4, 0.5) is 11.9 Å². The van der Waals surface area contributed by atoms with Crippen LogP contribution in [0.15, 0.2) is 42.5 Å². The van der Waals surface area contributed by atoms with Gasteiger partial charge >= 0.3 is 0 Å². The van der Waals surface area contributed by atoms with Gasteiger partial charge in [0.05, 0.1) is 0 Å². The van der Waals surface area contributed by atoms with Gasteiger partial charge in [-0.15, -0.1) is 5.10 Å². The molecule has 0 bridgehead atoms. The van der Waals surface area contributed by atoms with Crippen LogP contribution in [-0.2, 0) is 11.3 Å². The maximum Gasteiger partial charge on any atom is 0.241 e. The molecule has 1 aromatic heterocycles. The number of H-pyrrole nitrogens is 1. The van der Waals surface area contributed by atoms with Gasteiger partial charge in [0.15, 0.2) is 0 Å². The van der Waals surface area contributed by atoms with E-state index in [9.17, 15) is 4.79 Å². The minimum atomic E-state index is 0.0292. The number of hydrogen-bond donors (Lipinski definition) is 3. The summed E-state index contributed by atoms with van der Waals surface area (Å²) >= 11 is 0. The summed E-state index contributed by atoms with van der Waals surface area (Å²) in [6, 6.07) is 14.4. The SMILES string of the molecule is Nc1n[nH]c(N2CCC(C(=O)NCc3cccc4ccccc34)CC2)n1. The Balaban J connectivity index is 1.34. The first-order valence-electron chi connectivity index (χ1n) is 8.88. The van der Waals surface area contributed by atoms with Gasteiger partial charge in [-0.1, -0.05) is 42.5 Å². The number of carbonyl (C=O) groups is 1. The molecule has 0 unspecified atom stereocenters. The molecule has 7 heteroatoms. The highest BCUT2D eigenvalue weighted by Crippen LogP contribution is 2.22. The van der Waals surface area contributed by atoms with Crippen LogP contribution < -0.4 is 16.0 Å². The molecule has 4 rings (SSSR count). The maximum absolute atomic E-state index is 12.6. The molecular formula is C19H22N6O. The van der Waals surface area contributed by atoms with Crippen molar-refractivity contribution in [2.75, 3.05) is 23.7 Å². The Morgan fingerprint density at radius 2 is 1.96 bits per heavy atom. The number of piperidine rings is 1. The number of aromatic nitrogens is 3. The smallest absolute Gasteiger partial charge is 0.241 e. The van der Waals surface area contributed by atoms with Crippen molar-refractivity contribution in [1.29, 1.82) is 0 Å². The Kier molecular flexibility index (Phi) is 4.43. The number of amides is 1. The molecular weight excluding hydrogens is 328 g/mol. The van der Waals surface area contributed by atoms with Crippen molar-refractivity contribution in [1.82, 2.24) is 20.5 Å². The fourth-order valence-corrected chi connectivity index (χ4v) is 3.53. The molecule has 2 heterocycles. The highest BCUT2D eigenvalue weighted by atomic mass is 16.1. The predicted octanol–water partition coefficient (Wildman–Crippen LogP) is 2.07. The first-order chi connectivity index (χ1) is 12.7. The van der Waals surface area contributed by atoms with Crippen LogP contribution >= 0.6 is 0 Å². The topological polar surface area (TPSA) is 99.9 Å². The van der Waals surface area contributed by atoms with E-state index in [1.165, 1.54) is 10.8 Å². The van der Waals surface area contributed by atoms with Crippen LogP contribution in [0.2, 0.25) is 0 Å². The van der Waals surface area contributed by atoms with E-state index in [4.69, 9.17) is 5.73 Å². The molecule has 1 aliphatic heterocycles. The molecule has 2 aromatic carbocycles. The summed E-state index contributed by atoms with van der Waals surface area (Å²) in [6.07, 6.45) is 1.59. The van der Waals surface area contributed by atoms with Gasteiger partial charge in [-0.3, -0.25) is 4.79 Å². The zero-order chi connectivity index (χ0) is 17.9. The van der Waals surface area contributed by atoms with Crippen molar-refractivity contribution in [3.63, 3.8) is 0 Å². The second-order valence-corrected chi connectivity index (χ2v) is 6.63. The summed E-state index contributed by atoms with van der Waals surface area (Å²) in [5.41, 5.74) is 6.70. The Labute approximate surface area is 151 Å². The van der Waals surface area contributed by atoms with Gasteiger partial charge < -0.3 is 16.0 Å². The van der Waals surface area contributed by atoms with Crippen LogP contribution in [-0.4, -0.2) is 34.2 Å². The van der Waals surface area contributed by atoms with Crippen LogP contribution in [0.25, 0.3) is 10.8 Å². The van der Waals surface area contributed by atoms with Crippen molar-refractivity contribution in [2.45, 2.75) is 19.4 Å². The van der Waals surface area contributed by atoms with Gasteiger partial charge in [0, 0.05) is 25.6 Å². The predicted molar refractivity (Wildman–Crippen MR) is 102 cm³/mol. The zero-order valence-electron chi connectivity index (χ0n) is 14.5. The van der Waals surface area contributed by atoms with E-state index in [1.807, 2.05) is 18.2 Å². The first kappa shape index (κ1) is 16.4. The molecule has 1 amide bonds. The molecule has 4 N–H and O–H groups in total. The lowest BCUT2D eigenvalue weighted by Crippen LogP contribution is -2.40. The number of nitrogens with zero attached hydrogens (tertiary/aromatic N) is 3. The molecule has 3 aromatic rings. The standard InChI is InChI=1S/C19H22N6O/c20-18-22-19(24-23-18)25-10-8-14(9-11-25)17(26)21-12-15-6-3-5-13-4-1-2-7-16(13)15/h1-7,14H,8-12H2,(H,21,26)(H3,20,22,23,24). The zero-order valence-corrected chi connectivity index (χ0v) is 14.5. The second-order valence-electron chi connectivity index (χ2n) is 6.63. The molecule has 0 radical (unpaired) electrons. The third-order valence-electron chi connectivity index (χ3n) is 4.99. The number of rotatable bonds is 4. The highest BCUT2D eigenvalue weighted by Gasteiger charge is 2.26. The van der Waals surface area contributed by atoms with E-state index in [1.54, 1.807) is 0 Å². The summed E-state index contributed by atoms with van der Waals surface area (Å²) in [5.74, 6) is 1.07. The Hall–Kier alpha value is -3.09. The van der Waals surface area contributed by atoms with E-state index in [-0.39, 0.29) is 17.8 Å². The normalized spacial score (nSPS) is 15.3. The molecule has 1 fully saturated rings. The molecule has 1 aliphatic rings. The maximum atomic E-state index is 12.6. The van der Waals surface area contributed by atoms with Crippen molar-refractivity contribution in [3.05, 3.63) is 48.0 Å². The van der Waals surface area contributed by atoms with E-state index in [2.05, 4.69) is 49.7 Å². The quantitative estimate of drug-likeness (QED) is 0.669. The monoisotopic (exact) mass is 350 g/mol. The molecule has 0 spiro atoms. The van der Waals surface area contributed by atoms with Crippen molar-refractivity contribution in [3.8, 4) is 0 Å². The number of carbonyl (C=O) groups excluding carboxylic acids is 1. The molecule has 134 valence electrons. The van der Waals surface area contributed by atoms with E-state index in [0.717, 1.165) is 31.5 Å². The van der Waals surface area contributed by atoms with Crippen LogP contribution in [0.5, 0.6) is 0 Å². The highest BCUT2D eigenvalue weighted by molar-refractivity contribution is 5.86. The number of aromatic amines is 1. The number of hydrogen-bond acceptors (Lipinski definition) is 5. The number of nitrogens with two attached hydrogens (primary N) is 1. The largest absolute Gasteiger partial charge is 0.366 e. The van der Waals surface area contributed by atoms with Gasteiger partial charge in [0.2, 0.25) is 17.8 Å². The Morgan fingerprint density at radius 3 is 2.73 bits per heavy atom. The summed E-state index contributed by atoms with van der Waals surface area (Å²) in [6.45, 7) is 2.08. The second kappa shape index (κ2) is 7.03.